The number of hydrogen-bond acceptors (Lipinski definition) is 4. The van der Waals surface area contributed by atoms with Gasteiger partial charge in [0.1, 0.15) is 0 Å². The molecule has 0 bridgehead atoms. The van der Waals surface area contributed by atoms with Gasteiger partial charge in [-0.05, 0) is 31.0 Å². The number of amides is 1. The highest BCUT2D eigenvalue weighted by atomic mass is 79.9. The van der Waals surface area contributed by atoms with Gasteiger partial charge < -0.3 is 11.1 Å². The minimum Gasteiger partial charge on any atom is -0.328 e. The lowest BCUT2D eigenvalue weighted by atomic mass is 10.1. The number of rotatable bonds is 6. The van der Waals surface area contributed by atoms with Gasteiger partial charge in [-0.3, -0.25) is 4.79 Å². The molecule has 120 valence electrons. The second kappa shape index (κ2) is 9.25. The van der Waals surface area contributed by atoms with Crippen LogP contribution in [-0.4, -0.2) is 16.9 Å². The molecule has 2 aromatic rings. The maximum Gasteiger partial charge on any atom is 0.226 e. The number of nitrogens with two attached hydrogens (primary N) is 1. The van der Waals surface area contributed by atoms with Crippen molar-refractivity contribution in [2.45, 2.75) is 32.2 Å². The van der Waals surface area contributed by atoms with Gasteiger partial charge in [-0.2, -0.15) is 0 Å². The first-order chi connectivity index (χ1) is 10.0. The Morgan fingerprint density at radius 1 is 1.41 bits per heavy atom. The van der Waals surface area contributed by atoms with E-state index in [4.69, 9.17) is 5.73 Å². The summed E-state index contributed by atoms with van der Waals surface area (Å²) in [5.74, 6) is -0.0307. The van der Waals surface area contributed by atoms with Crippen LogP contribution in [0.25, 0.3) is 0 Å². The van der Waals surface area contributed by atoms with E-state index in [2.05, 4.69) is 38.4 Å². The summed E-state index contributed by atoms with van der Waals surface area (Å²) in [5, 5.41) is 3.47. The monoisotopic (exact) mass is 403 g/mol. The highest BCUT2D eigenvalue weighted by molar-refractivity contribution is 9.10. The summed E-state index contributed by atoms with van der Waals surface area (Å²) in [5.41, 5.74) is 6.86. The Labute approximate surface area is 149 Å². The van der Waals surface area contributed by atoms with Gasteiger partial charge in [0, 0.05) is 34.4 Å². The van der Waals surface area contributed by atoms with Crippen LogP contribution < -0.4 is 11.1 Å². The summed E-state index contributed by atoms with van der Waals surface area (Å²) in [4.78, 5) is 17.1. The molecule has 0 radical (unpaired) electrons. The van der Waals surface area contributed by atoms with Crippen LogP contribution in [0, 0.1) is 0 Å². The number of halogens is 2. The van der Waals surface area contributed by atoms with Crippen molar-refractivity contribution in [1.82, 2.24) is 4.98 Å². The highest BCUT2D eigenvalue weighted by Crippen LogP contribution is 2.22. The Balaban J connectivity index is 0.00000242. The second-order valence-electron chi connectivity index (χ2n) is 5.00. The van der Waals surface area contributed by atoms with E-state index in [9.17, 15) is 4.79 Å². The molecular weight excluding hydrogens is 386 g/mol. The number of nitrogens with zero attached hydrogens (tertiary/aromatic N) is 1. The van der Waals surface area contributed by atoms with Crippen LogP contribution in [0.4, 0.5) is 5.13 Å². The Bertz CT molecular complexity index is 601. The zero-order valence-corrected chi connectivity index (χ0v) is 15.4. The average Bonchev–Trinajstić information content (AvgIpc) is 2.86. The Morgan fingerprint density at radius 2 is 2.09 bits per heavy atom. The molecule has 22 heavy (non-hydrogen) atoms. The lowest BCUT2D eigenvalue weighted by molar-refractivity contribution is -0.116. The second-order valence-corrected chi connectivity index (χ2v) is 7.03. The normalized spacial score (nSPS) is 11.6. The first-order valence-corrected chi connectivity index (χ1v) is 8.38. The summed E-state index contributed by atoms with van der Waals surface area (Å²) >= 11 is 4.93. The third kappa shape index (κ3) is 6.44. The number of aromatic nitrogens is 1. The van der Waals surface area contributed by atoms with Crippen molar-refractivity contribution in [2.24, 2.45) is 5.73 Å². The van der Waals surface area contributed by atoms with Crippen molar-refractivity contribution >= 4 is 50.7 Å². The van der Waals surface area contributed by atoms with Crippen LogP contribution in [0.2, 0.25) is 0 Å². The van der Waals surface area contributed by atoms with Gasteiger partial charge in [-0.25, -0.2) is 4.98 Å². The van der Waals surface area contributed by atoms with Gasteiger partial charge >= 0.3 is 0 Å². The Hall–Kier alpha value is -0.950. The molecule has 1 aromatic carbocycles. The lowest BCUT2D eigenvalue weighted by Gasteiger charge is -2.04. The summed E-state index contributed by atoms with van der Waals surface area (Å²) in [7, 11) is 0. The highest BCUT2D eigenvalue weighted by Gasteiger charge is 2.08. The van der Waals surface area contributed by atoms with E-state index in [0.717, 1.165) is 15.8 Å². The first kappa shape index (κ1) is 19.1. The fourth-order valence-corrected chi connectivity index (χ4v) is 2.92. The molecule has 1 atom stereocenters. The fourth-order valence-electron chi connectivity index (χ4n) is 1.79. The molecule has 0 saturated heterocycles. The molecule has 4 nitrogen and oxygen atoms in total. The van der Waals surface area contributed by atoms with Crippen LogP contribution in [0.5, 0.6) is 0 Å². The molecule has 0 saturated carbocycles. The number of carbonyl (C=O) groups is 1. The van der Waals surface area contributed by atoms with Crippen LogP contribution in [-0.2, 0) is 11.2 Å². The van der Waals surface area contributed by atoms with Crippen LogP contribution in [0.1, 0.15) is 30.2 Å². The van der Waals surface area contributed by atoms with Crippen molar-refractivity contribution in [3.63, 3.8) is 0 Å². The van der Waals surface area contributed by atoms with Crippen molar-refractivity contribution in [2.75, 3.05) is 5.32 Å². The van der Waals surface area contributed by atoms with Crippen LogP contribution in [0.3, 0.4) is 0 Å². The summed E-state index contributed by atoms with van der Waals surface area (Å²) in [6.45, 7) is 1.90. The molecular formula is C15H19BrClN3OS. The van der Waals surface area contributed by atoms with E-state index >= 15 is 0 Å². The van der Waals surface area contributed by atoms with Crippen molar-refractivity contribution in [3.8, 4) is 0 Å². The van der Waals surface area contributed by atoms with Gasteiger partial charge in [0.25, 0.3) is 0 Å². The molecule has 0 aliphatic rings. The molecule has 3 N–H and O–H groups in total. The number of hydrogen-bond donors (Lipinski definition) is 2. The molecule has 1 unspecified atom stereocenters. The quantitative estimate of drug-likeness (QED) is 0.765. The van der Waals surface area contributed by atoms with Gasteiger partial charge in [0.05, 0.1) is 0 Å². The molecule has 1 aromatic heterocycles. The zero-order chi connectivity index (χ0) is 15.2. The Kier molecular flexibility index (Phi) is 8.03. The molecule has 1 amide bonds. The largest absolute Gasteiger partial charge is 0.328 e. The van der Waals surface area contributed by atoms with Gasteiger partial charge in [0.15, 0.2) is 5.13 Å². The predicted molar refractivity (Wildman–Crippen MR) is 97.8 cm³/mol. The molecule has 7 heteroatoms. The van der Waals surface area contributed by atoms with E-state index in [1.54, 1.807) is 0 Å². The molecule has 0 aliphatic heterocycles. The molecule has 0 aliphatic carbocycles. The zero-order valence-electron chi connectivity index (χ0n) is 12.2. The smallest absolute Gasteiger partial charge is 0.226 e. The number of thiazole rings is 1. The third-order valence-electron chi connectivity index (χ3n) is 2.92. The van der Waals surface area contributed by atoms with Gasteiger partial charge in [0.2, 0.25) is 5.91 Å². The fraction of sp³-hybridized carbons (Fsp3) is 0.333. The molecule has 2 rings (SSSR count). The lowest BCUT2D eigenvalue weighted by Crippen LogP contribution is -2.19. The molecule has 0 spiro atoms. The topological polar surface area (TPSA) is 68.0 Å². The number of benzene rings is 1. The van der Waals surface area contributed by atoms with E-state index in [1.807, 2.05) is 25.3 Å². The third-order valence-corrected chi connectivity index (χ3v) is 4.36. The number of nitrogens with one attached hydrogen (secondary N) is 1. The van der Waals surface area contributed by atoms with Crippen LogP contribution >= 0.6 is 39.7 Å². The van der Waals surface area contributed by atoms with Crippen molar-refractivity contribution < 1.29 is 4.79 Å². The first-order valence-electron chi connectivity index (χ1n) is 6.77. The van der Waals surface area contributed by atoms with E-state index in [1.165, 1.54) is 16.9 Å². The summed E-state index contributed by atoms with van der Waals surface area (Å²) < 4.78 is 1.07. The number of anilines is 1. The van der Waals surface area contributed by atoms with E-state index < -0.39 is 0 Å². The summed E-state index contributed by atoms with van der Waals surface area (Å²) in [6.07, 6.45) is 3.75. The summed E-state index contributed by atoms with van der Waals surface area (Å²) in [6, 6.07) is 8.23. The molecule has 0 fully saturated rings. The van der Waals surface area contributed by atoms with Gasteiger partial charge in [-0.1, -0.05) is 28.1 Å². The SMILES string of the molecule is CC(N)CCC(=O)Nc1ncc(Cc2ccc(Br)cc2)s1.Cl. The maximum absolute atomic E-state index is 11.7. The standard InChI is InChI=1S/C15H18BrN3OS.ClH/c1-10(17)2-7-14(20)19-15-18-9-13(21-15)8-11-3-5-12(16)6-4-11;/h3-6,9-10H,2,7-8,17H2,1H3,(H,18,19,20);1H. The maximum atomic E-state index is 11.7. The van der Waals surface area contributed by atoms with Crippen molar-refractivity contribution in [1.29, 1.82) is 0 Å². The number of carbonyl (C=O) groups excluding carboxylic acids is 1. The average molecular weight is 405 g/mol. The predicted octanol–water partition coefficient (Wildman–Crippen LogP) is 3.98. The minimum atomic E-state index is -0.0307. The van der Waals surface area contributed by atoms with E-state index in [-0.39, 0.29) is 24.4 Å². The van der Waals surface area contributed by atoms with Gasteiger partial charge in [-0.15, -0.1) is 23.7 Å². The van der Waals surface area contributed by atoms with Crippen molar-refractivity contribution in [3.05, 3.63) is 45.4 Å². The van der Waals surface area contributed by atoms with E-state index in [0.29, 0.717) is 18.0 Å². The van der Waals surface area contributed by atoms with Crippen LogP contribution in [0.15, 0.2) is 34.9 Å². The Morgan fingerprint density at radius 3 is 2.73 bits per heavy atom. The minimum absolute atomic E-state index is 0. The molecule has 1 heterocycles.